The van der Waals surface area contributed by atoms with Crippen molar-refractivity contribution in [3.8, 4) is 0 Å². The molecule has 1 amide bonds. The maximum absolute atomic E-state index is 11.8. The smallest absolute Gasteiger partial charge is 0.253 e. The molecule has 0 aliphatic heterocycles. The first-order valence-electron chi connectivity index (χ1n) is 5.57. The van der Waals surface area contributed by atoms with E-state index in [1.165, 1.54) is 11.5 Å². The van der Waals surface area contributed by atoms with Gasteiger partial charge in [0.1, 0.15) is 0 Å². The van der Waals surface area contributed by atoms with Crippen LogP contribution in [-0.2, 0) is 11.3 Å². The van der Waals surface area contributed by atoms with Crippen LogP contribution >= 0.6 is 23.1 Å². The number of rotatable bonds is 4. The minimum atomic E-state index is -1.28. The molecule has 0 aliphatic rings. The number of nitrogens with one attached hydrogen (secondary N) is 1. The first-order valence-corrected chi connectivity index (χ1v) is 6.72. The van der Waals surface area contributed by atoms with Crippen LogP contribution in [0.3, 0.4) is 0 Å². The van der Waals surface area contributed by atoms with Gasteiger partial charge < -0.3 is 10.4 Å². The van der Waals surface area contributed by atoms with E-state index in [9.17, 15) is 9.90 Å². The molecule has 1 aromatic heterocycles. The summed E-state index contributed by atoms with van der Waals surface area (Å²) in [4.78, 5) is 12.7. The van der Waals surface area contributed by atoms with Crippen molar-refractivity contribution in [3.05, 3.63) is 45.4 Å². The Bertz CT molecular complexity index is 588. The SMILES string of the molecule is Cc1nnsc1CNC(=O)[C@H](O)c1ccccc1Cl. The Morgan fingerprint density at radius 3 is 2.89 bits per heavy atom. The molecule has 19 heavy (non-hydrogen) atoms. The van der Waals surface area contributed by atoms with E-state index in [1.807, 2.05) is 6.92 Å². The molecule has 1 atom stereocenters. The molecule has 1 aromatic carbocycles. The zero-order chi connectivity index (χ0) is 13.8. The Hall–Kier alpha value is -1.50. The second kappa shape index (κ2) is 6.10. The normalized spacial score (nSPS) is 12.2. The van der Waals surface area contributed by atoms with E-state index in [1.54, 1.807) is 24.3 Å². The van der Waals surface area contributed by atoms with Gasteiger partial charge in [0.15, 0.2) is 6.10 Å². The number of amides is 1. The van der Waals surface area contributed by atoms with Crippen LogP contribution in [0.15, 0.2) is 24.3 Å². The number of nitrogens with zero attached hydrogens (tertiary/aromatic N) is 2. The highest BCUT2D eigenvalue weighted by atomic mass is 35.5. The Balaban J connectivity index is 2.01. The van der Waals surface area contributed by atoms with E-state index in [0.29, 0.717) is 17.1 Å². The second-order valence-corrected chi connectivity index (χ2v) is 5.17. The maximum atomic E-state index is 11.8. The van der Waals surface area contributed by atoms with Crippen molar-refractivity contribution < 1.29 is 9.90 Å². The van der Waals surface area contributed by atoms with Crippen LogP contribution in [0.25, 0.3) is 0 Å². The van der Waals surface area contributed by atoms with Crippen molar-refractivity contribution in [2.24, 2.45) is 0 Å². The quantitative estimate of drug-likeness (QED) is 0.903. The van der Waals surface area contributed by atoms with Crippen molar-refractivity contribution >= 4 is 29.0 Å². The Morgan fingerprint density at radius 2 is 2.26 bits per heavy atom. The lowest BCUT2D eigenvalue weighted by molar-refractivity contribution is -0.129. The van der Waals surface area contributed by atoms with E-state index in [0.717, 1.165) is 10.6 Å². The van der Waals surface area contributed by atoms with Gasteiger partial charge in [-0.25, -0.2) is 0 Å². The van der Waals surface area contributed by atoms with E-state index >= 15 is 0 Å². The van der Waals surface area contributed by atoms with Gasteiger partial charge in [0.2, 0.25) is 0 Å². The Labute approximate surface area is 119 Å². The van der Waals surface area contributed by atoms with Gasteiger partial charge in [-0.15, -0.1) is 5.10 Å². The van der Waals surface area contributed by atoms with Crippen LogP contribution in [0.1, 0.15) is 22.2 Å². The molecule has 0 aliphatic carbocycles. The van der Waals surface area contributed by atoms with Crippen LogP contribution in [-0.4, -0.2) is 20.6 Å². The summed E-state index contributed by atoms with van der Waals surface area (Å²) in [5.74, 6) is -0.499. The third kappa shape index (κ3) is 3.28. The van der Waals surface area contributed by atoms with Crippen LogP contribution in [0.2, 0.25) is 5.02 Å². The van der Waals surface area contributed by atoms with Gasteiger partial charge in [0, 0.05) is 10.6 Å². The molecule has 100 valence electrons. The highest BCUT2D eigenvalue weighted by molar-refractivity contribution is 7.05. The fourth-order valence-corrected chi connectivity index (χ4v) is 2.33. The van der Waals surface area contributed by atoms with Gasteiger partial charge in [-0.2, -0.15) is 0 Å². The summed E-state index contributed by atoms with van der Waals surface area (Å²) in [5, 5.41) is 16.8. The van der Waals surface area contributed by atoms with Crippen molar-refractivity contribution in [3.63, 3.8) is 0 Å². The zero-order valence-corrected chi connectivity index (χ0v) is 11.7. The summed E-state index contributed by atoms with van der Waals surface area (Å²) in [6.45, 7) is 2.11. The lowest BCUT2D eigenvalue weighted by Crippen LogP contribution is -2.28. The first kappa shape index (κ1) is 13.9. The summed E-state index contributed by atoms with van der Waals surface area (Å²) in [7, 11) is 0. The molecule has 0 fully saturated rings. The largest absolute Gasteiger partial charge is 0.378 e. The molecule has 0 saturated carbocycles. The standard InChI is InChI=1S/C12H12ClN3O2S/c1-7-10(19-16-15-7)6-14-12(18)11(17)8-4-2-3-5-9(8)13/h2-5,11,17H,6H2,1H3,(H,14,18)/t11-/m1/s1. The number of aliphatic hydroxyl groups is 1. The molecule has 0 radical (unpaired) electrons. The van der Waals surface area contributed by atoms with Crippen molar-refractivity contribution in [2.45, 2.75) is 19.6 Å². The average molecular weight is 298 g/mol. The molecule has 0 bridgehead atoms. The van der Waals surface area contributed by atoms with Crippen LogP contribution < -0.4 is 5.32 Å². The summed E-state index contributed by atoms with van der Waals surface area (Å²) >= 11 is 7.15. The number of halogens is 1. The zero-order valence-electron chi connectivity index (χ0n) is 10.1. The number of hydrogen-bond donors (Lipinski definition) is 2. The fourth-order valence-electron chi connectivity index (χ4n) is 1.52. The highest BCUT2D eigenvalue weighted by Crippen LogP contribution is 2.22. The number of aryl methyl sites for hydroxylation is 1. The highest BCUT2D eigenvalue weighted by Gasteiger charge is 2.19. The van der Waals surface area contributed by atoms with E-state index < -0.39 is 12.0 Å². The van der Waals surface area contributed by atoms with Crippen LogP contribution in [0.5, 0.6) is 0 Å². The molecule has 2 rings (SSSR count). The predicted molar refractivity (Wildman–Crippen MR) is 72.9 cm³/mol. The summed E-state index contributed by atoms with van der Waals surface area (Å²) in [6, 6.07) is 6.70. The third-order valence-corrected chi connectivity index (χ3v) is 3.78. The first-order chi connectivity index (χ1) is 9.09. The van der Waals surface area contributed by atoms with Crippen LogP contribution in [0.4, 0.5) is 0 Å². The minimum absolute atomic E-state index is 0.295. The molecule has 0 spiro atoms. The lowest BCUT2D eigenvalue weighted by atomic mass is 10.1. The van der Waals surface area contributed by atoms with Gasteiger partial charge in [-0.3, -0.25) is 4.79 Å². The molecule has 5 nitrogen and oxygen atoms in total. The van der Waals surface area contributed by atoms with Crippen molar-refractivity contribution in [2.75, 3.05) is 0 Å². The number of hydrogen-bond acceptors (Lipinski definition) is 5. The summed E-state index contributed by atoms with van der Waals surface area (Å²) in [5.41, 5.74) is 1.17. The number of aromatic nitrogens is 2. The van der Waals surface area contributed by atoms with E-state index in [2.05, 4.69) is 14.9 Å². The molecule has 0 unspecified atom stereocenters. The Morgan fingerprint density at radius 1 is 1.53 bits per heavy atom. The number of carbonyl (C=O) groups is 1. The molecular formula is C12H12ClN3O2S. The third-order valence-electron chi connectivity index (χ3n) is 2.62. The molecule has 2 N–H and O–H groups in total. The molecule has 1 heterocycles. The molecule has 2 aromatic rings. The second-order valence-electron chi connectivity index (χ2n) is 3.92. The number of benzene rings is 1. The topological polar surface area (TPSA) is 75.1 Å². The number of carbonyl (C=O) groups excluding carboxylic acids is 1. The lowest BCUT2D eigenvalue weighted by Gasteiger charge is -2.12. The average Bonchev–Trinajstić information content (AvgIpc) is 2.81. The van der Waals surface area contributed by atoms with Crippen LogP contribution in [0, 0.1) is 6.92 Å². The maximum Gasteiger partial charge on any atom is 0.253 e. The molecular weight excluding hydrogens is 286 g/mol. The molecule has 7 heteroatoms. The summed E-state index contributed by atoms with van der Waals surface area (Å²) in [6.07, 6.45) is -1.28. The van der Waals surface area contributed by atoms with E-state index in [-0.39, 0.29) is 0 Å². The minimum Gasteiger partial charge on any atom is -0.378 e. The molecule has 0 saturated heterocycles. The Kier molecular flexibility index (Phi) is 4.47. The van der Waals surface area contributed by atoms with Gasteiger partial charge in [0.05, 0.1) is 17.1 Å². The summed E-state index contributed by atoms with van der Waals surface area (Å²) < 4.78 is 3.77. The van der Waals surface area contributed by atoms with Gasteiger partial charge in [0.25, 0.3) is 5.91 Å². The van der Waals surface area contributed by atoms with Gasteiger partial charge in [-0.05, 0) is 24.5 Å². The van der Waals surface area contributed by atoms with Crippen molar-refractivity contribution in [1.82, 2.24) is 14.9 Å². The predicted octanol–water partition coefficient (Wildman–Crippen LogP) is 1.85. The van der Waals surface area contributed by atoms with Gasteiger partial charge in [-0.1, -0.05) is 34.3 Å². The monoisotopic (exact) mass is 297 g/mol. The number of aliphatic hydroxyl groups excluding tert-OH is 1. The van der Waals surface area contributed by atoms with Gasteiger partial charge >= 0.3 is 0 Å². The fraction of sp³-hybridized carbons (Fsp3) is 0.250. The van der Waals surface area contributed by atoms with E-state index in [4.69, 9.17) is 11.6 Å². The van der Waals surface area contributed by atoms with Crippen molar-refractivity contribution in [1.29, 1.82) is 0 Å².